The molecular formula is C12H12F2N2O. The van der Waals surface area contributed by atoms with Crippen molar-refractivity contribution >= 4 is 0 Å². The summed E-state index contributed by atoms with van der Waals surface area (Å²) in [6.07, 6.45) is 3.20. The summed E-state index contributed by atoms with van der Waals surface area (Å²) in [7, 11) is 0. The van der Waals surface area contributed by atoms with Crippen LogP contribution in [0.25, 0.3) is 0 Å². The van der Waals surface area contributed by atoms with Crippen LogP contribution in [0.1, 0.15) is 12.5 Å². The summed E-state index contributed by atoms with van der Waals surface area (Å²) in [5.74, 6) is -0.713. The highest BCUT2D eigenvalue weighted by Crippen LogP contribution is 2.16. The number of nitrogens with zero attached hydrogens (tertiary/aromatic N) is 2. The van der Waals surface area contributed by atoms with Gasteiger partial charge in [-0.05, 0) is 19.1 Å². The van der Waals surface area contributed by atoms with Crippen molar-refractivity contribution in [2.45, 2.75) is 20.1 Å². The van der Waals surface area contributed by atoms with Crippen molar-refractivity contribution in [1.82, 2.24) is 9.78 Å². The van der Waals surface area contributed by atoms with Crippen molar-refractivity contribution in [3.05, 3.63) is 47.8 Å². The summed E-state index contributed by atoms with van der Waals surface area (Å²) in [5.41, 5.74) is -0.0725. The van der Waals surface area contributed by atoms with E-state index in [0.29, 0.717) is 5.75 Å². The fourth-order valence-corrected chi connectivity index (χ4v) is 1.42. The number of ether oxygens (including phenoxy) is 1. The molecule has 1 heterocycles. The van der Waals surface area contributed by atoms with Crippen LogP contribution in [-0.4, -0.2) is 9.78 Å². The lowest BCUT2D eigenvalue weighted by atomic mass is 10.2. The van der Waals surface area contributed by atoms with E-state index < -0.39 is 11.6 Å². The van der Waals surface area contributed by atoms with Crippen LogP contribution in [0.4, 0.5) is 8.78 Å². The Bertz CT molecular complexity index is 491. The van der Waals surface area contributed by atoms with Gasteiger partial charge in [0.15, 0.2) is 5.75 Å². The third-order valence-corrected chi connectivity index (χ3v) is 2.38. The Hall–Kier alpha value is -1.91. The van der Waals surface area contributed by atoms with Crippen LogP contribution in [-0.2, 0) is 13.2 Å². The molecule has 0 N–H and O–H groups in total. The van der Waals surface area contributed by atoms with E-state index >= 15 is 0 Å². The van der Waals surface area contributed by atoms with E-state index in [0.717, 1.165) is 6.54 Å². The van der Waals surface area contributed by atoms with E-state index in [1.54, 1.807) is 10.9 Å². The summed E-state index contributed by atoms with van der Waals surface area (Å²) in [6.45, 7) is 2.51. The van der Waals surface area contributed by atoms with Crippen molar-refractivity contribution in [3.8, 4) is 5.75 Å². The van der Waals surface area contributed by atoms with Gasteiger partial charge < -0.3 is 4.74 Å². The second-order valence-electron chi connectivity index (χ2n) is 3.52. The van der Waals surface area contributed by atoms with Gasteiger partial charge in [-0.15, -0.1) is 0 Å². The normalized spacial score (nSPS) is 10.5. The van der Waals surface area contributed by atoms with Crippen LogP contribution >= 0.6 is 0 Å². The zero-order valence-electron chi connectivity index (χ0n) is 9.36. The van der Waals surface area contributed by atoms with E-state index in [-0.39, 0.29) is 12.2 Å². The average Bonchev–Trinajstić information content (AvgIpc) is 2.76. The van der Waals surface area contributed by atoms with Crippen molar-refractivity contribution in [1.29, 1.82) is 0 Å². The lowest BCUT2D eigenvalue weighted by Gasteiger charge is -2.05. The topological polar surface area (TPSA) is 27.1 Å². The molecule has 1 aromatic carbocycles. The Morgan fingerprint density at radius 3 is 2.59 bits per heavy atom. The minimum atomic E-state index is -0.604. The molecule has 2 rings (SSSR count). The highest BCUT2D eigenvalue weighted by atomic mass is 19.1. The second kappa shape index (κ2) is 4.95. The smallest absolute Gasteiger partial charge is 0.157 e. The Labute approximate surface area is 97.6 Å². The van der Waals surface area contributed by atoms with Gasteiger partial charge in [0.05, 0.1) is 18.0 Å². The molecule has 0 atom stereocenters. The van der Waals surface area contributed by atoms with Gasteiger partial charge in [-0.2, -0.15) is 5.10 Å². The quantitative estimate of drug-likeness (QED) is 0.819. The first-order valence-electron chi connectivity index (χ1n) is 5.29. The molecule has 0 saturated heterocycles. The molecule has 5 heteroatoms. The summed E-state index contributed by atoms with van der Waals surface area (Å²) in [6, 6.07) is 3.73. The molecule has 0 bridgehead atoms. The lowest BCUT2D eigenvalue weighted by molar-refractivity contribution is 0.292. The van der Waals surface area contributed by atoms with Gasteiger partial charge in [0.25, 0.3) is 0 Å². The molecule has 0 aliphatic rings. The van der Waals surface area contributed by atoms with Crippen LogP contribution in [0.5, 0.6) is 5.75 Å². The number of aromatic nitrogens is 2. The molecule has 0 saturated carbocycles. The minimum Gasteiger partial charge on any atom is -0.485 e. The number of hydrogen-bond acceptors (Lipinski definition) is 2. The number of halogens is 2. The van der Waals surface area contributed by atoms with Crippen LogP contribution in [0.15, 0.2) is 30.6 Å². The predicted molar refractivity (Wildman–Crippen MR) is 58.6 cm³/mol. The van der Waals surface area contributed by atoms with Crippen LogP contribution < -0.4 is 4.74 Å². The third kappa shape index (κ3) is 2.61. The van der Waals surface area contributed by atoms with E-state index in [2.05, 4.69) is 5.10 Å². The molecule has 3 nitrogen and oxygen atoms in total. The third-order valence-electron chi connectivity index (χ3n) is 2.38. The lowest BCUT2D eigenvalue weighted by Crippen LogP contribution is -2.01. The van der Waals surface area contributed by atoms with E-state index in [1.165, 1.54) is 24.4 Å². The first-order valence-corrected chi connectivity index (χ1v) is 5.29. The highest BCUT2D eigenvalue weighted by molar-refractivity contribution is 5.20. The maximum atomic E-state index is 13.3. The van der Waals surface area contributed by atoms with E-state index in [1.807, 2.05) is 6.92 Å². The number of rotatable bonds is 4. The molecule has 0 unspecified atom stereocenters. The van der Waals surface area contributed by atoms with Gasteiger partial charge in [0, 0.05) is 6.54 Å². The summed E-state index contributed by atoms with van der Waals surface area (Å²) in [5, 5.41) is 4.00. The predicted octanol–water partition coefficient (Wildman–Crippen LogP) is 2.76. The van der Waals surface area contributed by atoms with Gasteiger partial charge in [-0.1, -0.05) is 6.07 Å². The molecule has 90 valence electrons. The fourth-order valence-electron chi connectivity index (χ4n) is 1.42. The Morgan fingerprint density at radius 1 is 1.29 bits per heavy atom. The largest absolute Gasteiger partial charge is 0.485 e. The molecule has 0 amide bonds. The maximum Gasteiger partial charge on any atom is 0.157 e. The SMILES string of the molecule is CCn1cc(OCc2c(F)cccc2F)cn1. The van der Waals surface area contributed by atoms with Crippen molar-refractivity contribution in [3.63, 3.8) is 0 Å². The monoisotopic (exact) mass is 238 g/mol. The molecule has 0 spiro atoms. The molecule has 0 aliphatic heterocycles. The van der Waals surface area contributed by atoms with Crippen LogP contribution in [0, 0.1) is 11.6 Å². The van der Waals surface area contributed by atoms with Gasteiger partial charge in [-0.3, -0.25) is 4.68 Å². The molecule has 0 aliphatic carbocycles. The zero-order valence-corrected chi connectivity index (χ0v) is 9.36. The number of benzene rings is 1. The van der Waals surface area contributed by atoms with Crippen molar-refractivity contribution in [2.75, 3.05) is 0 Å². The molecule has 2 aromatic rings. The number of aryl methyl sites for hydroxylation is 1. The van der Waals surface area contributed by atoms with Crippen LogP contribution in [0.3, 0.4) is 0 Å². The Balaban J connectivity index is 2.07. The first-order chi connectivity index (χ1) is 8.20. The maximum absolute atomic E-state index is 13.3. The molecule has 0 fully saturated rings. The van der Waals surface area contributed by atoms with Gasteiger partial charge in [0.1, 0.15) is 18.2 Å². The summed E-state index contributed by atoms with van der Waals surface area (Å²) in [4.78, 5) is 0. The van der Waals surface area contributed by atoms with Crippen molar-refractivity contribution < 1.29 is 13.5 Å². The summed E-state index contributed by atoms with van der Waals surface area (Å²) >= 11 is 0. The van der Waals surface area contributed by atoms with Gasteiger partial charge in [0.2, 0.25) is 0 Å². The van der Waals surface area contributed by atoms with E-state index in [4.69, 9.17) is 4.74 Å². The Kier molecular flexibility index (Phi) is 3.37. The second-order valence-corrected chi connectivity index (χ2v) is 3.52. The zero-order chi connectivity index (χ0) is 12.3. The fraction of sp³-hybridized carbons (Fsp3) is 0.250. The Morgan fingerprint density at radius 2 is 2.00 bits per heavy atom. The van der Waals surface area contributed by atoms with Gasteiger partial charge in [-0.25, -0.2) is 8.78 Å². The standard InChI is InChI=1S/C12H12F2N2O/c1-2-16-7-9(6-15-16)17-8-10-11(13)4-3-5-12(10)14/h3-7H,2,8H2,1H3. The molecule has 0 radical (unpaired) electrons. The average molecular weight is 238 g/mol. The highest BCUT2D eigenvalue weighted by Gasteiger charge is 2.09. The number of hydrogen-bond donors (Lipinski definition) is 0. The van der Waals surface area contributed by atoms with Crippen molar-refractivity contribution in [2.24, 2.45) is 0 Å². The molecule has 1 aromatic heterocycles. The molecular weight excluding hydrogens is 226 g/mol. The summed E-state index contributed by atoms with van der Waals surface area (Å²) < 4.78 is 33.5. The van der Waals surface area contributed by atoms with Crippen LogP contribution in [0.2, 0.25) is 0 Å². The molecule has 17 heavy (non-hydrogen) atoms. The first kappa shape index (κ1) is 11.6. The van der Waals surface area contributed by atoms with Gasteiger partial charge >= 0.3 is 0 Å². The minimum absolute atomic E-state index is 0.0725. The van der Waals surface area contributed by atoms with E-state index in [9.17, 15) is 8.78 Å².